The van der Waals surface area contributed by atoms with Gasteiger partial charge in [0.15, 0.2) is 12.4 Å². The number of carbonyl (C=O) groups is 3. The maximum atomic E-state index is 12.2. The maximum Gasteiger partial charge on any atom is 0.343 e. The van der Waals surface area contributed by atoms with Gasteiger partial charge in [0.1, 0.15) is 0 Å². The first kappa shape index (κ1) is 19.4. The van der Waals surface area contributed by atoms with Crippen molar-refractivity contribution in [3.8, 4) is 5.75 Å². The Morgan fingerprint density at radius 1 is 1.32 bits per heavy atom. The highest BCUT2D eigenvalue weighted by molar-refractivity contribution is 8.18. The van der Waals surface area contributed by atoms with Crippen LogP contribution in [-0.2, 0) is 14.3 Å². The summed E-state index contributed by atoms with van der Waals surface area (Å²) in [6, 6.07) is 3.03. The molecule has 0 unspecified atom stereocenters. The van der Waals surface area contributed by atoms with Crippen LogP contribution in [0.25, 0.3) is 6.08 Å². The first-order chi connectivity index (χ1) is 11.9. The Labute approximate surface area is 158 Å². The van der Waals surface area contributed by atoms with Gasteiger partial charge in [0.2, 0.25) is 0 Å². The molecule has 1 fully saturated rings. The Hall–Kier alpha value is -1.96. The molecule has 0 saturated carbocycles. The van der Waals surface area contributed by atoms with Gasteiger partial charge in [0.25, 0.3) is 11.1 Å². The van der Waals surface area contributed by atoms with Gasteiger partial charge in [-0.25, -0.2) is 4.79 Å². The van der Waals surface area contributed by atoms with E-state index in [1.807, 2.05) is 0 Å². The van der Waals surface area contributed by atoms with Crippen LogP contribution in [0.2, 0.25) is 10.0 Å². The summed E-state index contributed by atoms with van der Waals surface area (Å²) in [6.45, 7) is 3.32. The van der Waals surface area contributed by atoms with Gasteiger partial charge in [-0.15, -0.1) is 6.58 Å². The molecule has 0 radical (unpaired) electrons. The van der Waals surface area contributed by atoms with Crippen LogP contribution >= 0.6 is 35.0 Å². The molecular formula is C16H13Cl2NO5S. The summed E-state index contributed by atoms with van der Waals surface area (Å²) in [4.78, 5) is 36.5. The van der Waals surface area contributed by atoms with E-state index in [0.717, 1.165) is 16.7 Å². The van der Waals surface area contributed by atoms with E-state index in [4.69, 9.17) is 27.9 Å². The van der Waals surface area contributed by atoms with Crippen molar-refractivity contribution >= 4 is 58.2 Å². The van der Waals surface area contributed by atoms with E-state index in [9.17, 15) is 14.4 Å². The lowest BCUT2D eigenvalue weighted by Crippen LogP contribution is -2.27. The Kier molecular flexibility index (Phi) is 6.52. The second-order valence-electron chi connectivity index (χ2n) is 4.76. The summed E-state index contributed by atoms with van der Waals surface area (Å²) in [5.41, 5.74) is 0.518. The van der Waals surface area contributed by atoms with Crippen molar-refractivity contribution in [2.24, 2.45) is 0 Å². The molecule has 2 amide bonds. The van der Waals surface area contributed by atoms with Crippen molar-refractivity contribution in [2.75, 3.05) is 20.3 Å². The van der Waals surface area contributed by atoms with Gasteiger partial charge >= 0.3 is 5.97 Å². The normalized spacial score (nSPS) is 15.6. The first-order valence-corrected chi connectivity index (χ1v) is 8.49. The van der Waals surface area contributed by atoms with Crippen molar-refractivity contribution in [1.29, 1.82) is 0 Å². The lowest BCUT2D eigenvalue weighted by Gasteiger charge is -2.10. The van der Waals surface area contributed by atoms with Crippen molar-refractivity contribution in [3.05, 3.63) is 45.3 Å². The molecule has 1 aromatic carbocycles. The van der Waals surface area contributed by atoms with Gasteiger partial charge in [-0.1, -0.05) is 29.3 Å². The van der Waals surface area contributed by atoms with Gasteiger partial charge in [-0.3, -0.25) is 14.5 Å². The molecule has 2 rings (SSSR count). The number of thioether (sulfide) groups is 1. The van der Waals surface area contributed by atoms with Crippen molar-refractivity contribution in [1.82, 2.24) is 4.90 Å². The molecule has 9 heteroatoms. The highest BCUT2D eigenvalue weighted by atomic mass is 35.5. The molecule has 1 aliphatic heterocycles. The van der Waals surface area contributed by atoms with Crippen molar-refractivity contribution in [2.45, 2.75) is 0 Å². The van der Waals surface area contributed by atoms with Gasteiger partial charge < -0.3 is 9.47 Å². The number of hydrogen-bond donors (Lipinski definition) is 0. The Bertz CT molecular complexity index is 755. The fourth-order valence-corrected chi connectivity index (χ4v) is 3.39. The molecule has 1 aromatic rings. The quantitative estimate of drug-likeness (QED) is 0.410. The molecule has 0 spiro atoms. The van der Waals surface area contributed by atoms with E-state index >= 15 is 0 Å². The van der Waals surface area contributed by atoms with Crippen LogP contribution in [0.4, 0.5) is 4.79 Å². The Morgan fingerprint density at radius 2 is 1.96 bits per heavy atom. The van der Waals surface area contributed by atoms with E-state index in [0.29, 0.717) is 5.56 Å². The van der Waals surface area contributed by atoms with Gasteiger partial charge in [-0.2, -0.15) is 0 Å². The Balaban J connectivity index is 2.24. The number of methoxy groups -OCH3 is 1. The number of rotatable bonds is 6. The van der Waals surface area contributed by atoms with Crippen LogP contribution in [0.3, 0.4) is 0 Å². The van der Waals surface area contributed by atoms with Gasteiger partial charge in [0.05, 0.1) is 22.1 Å². The fourth-order valence-electron chi connectivity index (χ4n) is 1.93. The van der Waals surface area contributed by atoms with E-state index in [1.165, 1.54) is 31.4 Å². The third-order valence-electron chi connectivity index (χ3n) is 3.07. The second-order valence-corrected chi connectivity index (χ2v) is 6.57. The lowest BCUT2D eigenvalue weighted by atomic mass is 10.2. The van der Waals surface area contributed by atoms with Crippen LogP contribution in [0.1, 0.15) is 5.56 Å². The highest BCUT2D eigenvalue weighted by Crippen LogP contribution is 2.37. The summed E-state index contributed by atoms with van der Waals surface area (Å²) in [6.07, 6.45) is 2.98. The molecule has 132 valence electrons. The molecule has 0 N–H and O–H groups in total. The molecule has 0 bridgehead atoms. The monoisotopic (exact) mass is 401 g/mol. The zero-order valence-electron chi connectivity index (χ0n) is 13.1. The summed E-state index contributed by atoms with van der Waals surface area (Å²) in [7, 11) is 1.23. The molecule has 1 saturated heterocycles. The standard InChI is InChI=1S/C16H13Cl2NO5S/c1-3-4-19-15(21)12(25-16(19)22)7-9-5-10(17)14(11(18)6-9)24-8-13(20)23-2/h3,5-7H,1,4,8H2,2H3/b12-7+. The largest absolute Gasteiger partial charge is 0.479 e. The van der Waals surface area contributed by atoms with Crippen molar-refractivity contribution in [3.63, 3.8) is 0 Å². The number of carbonyl (C=O) groups excluding carboxylic acids is 3. The smallest absolute Gasteiger partial charge is 0.343 e. The third kappa shape index (κ3) is 4.56. The number of hydrogen-bond acceptors (Lipinski definition) is 6. The van der Waals surface area contributed by atoms with Crippen LogP contribution in [0.15, 0.2) is 29.7 Å². The molecule has 25 heavy (non-hydrogen) atoms. The van der Waals surface area contributed by atoms with E-state index in [1.54, 1.807) is 0 Å². The van der Waals surface area contributed by atoms with E-state index < -0.39 is 11.9 Å². The predicted octanol–water partition coefficient (Wildman–Crippen LogP) is 3.77. The fraction of sp³-hybridized carbons (Fsp3) is 0.188. The average Bonchev–Trinajstić information content (AvgIpc) is 2.81. The summed E-state index contributed by atoms with van der Waals surface area (Å²) >= 11 is 13.1. The molecule has 0 atom stereocenters. The number of ether oxygens (including phenoxy) is 2. The average molecular weight is 402 g/mol. The highest BCUT2D eigenvalue weighted by Gasteiger charge is 2.34. The van der Waals surface area contributed by atoms with Crippen LogP contribution in [0, 0.1) is 0 Å². The third-order valence-corrected chi connectivity index (χ3v) is 4.53. The zero-order valence-corrected chi connectivity index (χ0v) is 15.4. The molecule has 0 aromatic heterocycles. The minimum atomic E-state index is -0.577. The lowest BCUT2D eigenvalue weighted by molar-refractivity contribution is -0.142. The van der Waals surface area contributed by atoms with E-state index in [2.05, 4.69) is 11.3 Å². The minimum Gasteiger partial charge on any atom is -0.479 e. The summed E-state index contributed by atoms with van der Waals surface area (Å²) in [5, 5.41) is -0.0488. The number of benzene rings is 1. The molecular weight excluding hydrogens is 389 g/mol. The molecule has 6 nitrogen and oxygen atoms in total. The molecule has 1 aliphatic rings. The first-order valence-electron chi connectivity index (χ1n) is 6.92. The van der Waals surface area contributed by atoms with E-state index in [-0.39, 0.29) is 39.1 Å². The second kappa shape index (κ2) is 8.42. The summed E-state index contributed by atoms with van der Waals surface area (Å²) < 4.78 is 9.70. The molecule has 0 aliphatic carbocycles. The van der Waals surface area contributed by atoms with Gasteiger partial charge in [-0.05, 0) is 35.5 Å². The number of amides is 2. The minimum absolute atomic E-state index is 0.130. The van der Waals surface area contributed by atoms with Crippen LogP contribution < -0.4 is 4.74 Å². The maximum absolute atomic E-state index is 12.2. The van der Waals surface area contributed by atoms with Crippen molar-refractivity contribution < 1.29 is 23.9 Å². The van der Waals surface area contributed by atoms with Gasteiger partial charge in [0, 0.05) is 6.54 Å². The molecule has 1 heterocycles. The number of imide groups is 1. The zero-order chi connectivity index (χ0) is 18.6. The van der Waals surface area contributed by atoms with Crippen LogP contribution in [-0.4, -0.2) is 42.3 Å². The number of nitrogens with zero attached hydrogens (tertiary/aromatic N) is 1. The topological polar surface area (TPSA) is 72.9 Å². The number of halogens is 2. The predicted molar refractivity (Wildman–Crippen MR) is 96.8 cm³/mol. The Morgan fingerprint density at radius 3 is 2.52 bits per heavy atom. The summed E-state index contributed by atoms with van der Waals surface area (Å²) in [5.74, 6) is -0.856. The SMILES string of the molecule is C=CCN1C(=O)S/C(=C/c2cc(Cl)c(OCC(=O)OC)c(Cl)c2)C1=O. The van der Waals surface area contributed by atoms with Crippen LogP contribution in [0.5, 0.6) is 5.75 Å². The number of esters is 1.